The SMILES string of the molecule is CCCC(C#N)(CCC)C(=O)N(CC1CC1)C(C)C. The second-order valence-corrected chi connectivity index (χ2v) is 6.19. The van der Waals surface area contributed by atoms with Gasteiger partial charge in [-0.15, -0.1) is 0 Å². The van der Waals surface area contributed by atoms with E-state index in [-0.39, 0.29) is 11.9 Å². The van der Waals surface area contributed by atoms with E-state index in [1.54, 1.807) is 0 Å². The zero-order valence-corrected chi connectivity index (χ0v) is 12.9. The second-order valence-electron chi connectivity index (χ2n) is 6.19. The molecule has 0 aliphatic heterocycles. The quantitative estimate of drug-likeness (QED) is 0.670. The highest BCUT2D eigenvalue weighted by Crippen LogP contribution is 2.35. The van der Waals surface area contributed by atoms with Crippen LogP contribution in [-0.4, -0.2) is 23.4 Å². The van der Waals surface area contributed by atoms with Gasteiger partial charge in [-0.3, -0.25) is 4.79 Å². The maximum Gasteiger partial charge on any atom is 0.243 e. The highest BCUT2D eigenvalue weighted by Gasteiger charge is 2.42. The first kappa shape index (κ1) is 16.0. The van der Waals surface area contributed by atoms with Crippen LogP contribution in [0.5, 0.6) is 0 Å². The molecule has 0 unspecified atom stereocenters. The minimum atomic E-state index is -0.789. The number of hydrogen-bond acceptors (Lipinski definition) is 2. The molecule has 1 fully saturated rings. The summed E-state index contributed by atoms with van der Waals surface area (Å²) in [6, 6.07) is 2.54. The maximum absolute atomic E-state index is 12.9. The molecule has 0 aromatic heterocycles. The number of carbonyl (C=O) groups excluding carboxylic acids is 1. The van der Waals surface area contributed by atoms with Gasteiger partial charge in [0.15, 0.2) is 0 Å². The summed E-state index contributed by atoms with van der Waals surface area (Å²) in [5, 5.41) is 9.59. The lowest BCUT2D eigenvalue weighted by Crippen LogP contribution is -2.47. The minimum Gasteiger partial charge on any atom is -0.339 e. The van der Waals surface area contributed by atoms with Crippen molar-refractivity contribution < 1.29 is 4.79 Å². The van der Waals surface area contributed by atoms with E-state index in [4.69, 9.17) is 0 Å². The largest absolute Gasteiger partial charge is 0.339 e. The van der Waals surface area contributed by atoms with E-state index < -0.39 is 5.41 Å². The van der Waals surface area contributed by atoms with Gasteiger partial charge < -0.3 is 4.90 Å². The molecule has 3 nitrogen and oxygen atoms in total. The molecular formula is C16H28N2O. The Morgan fingerprint density at radius 3 is 2.16 bits per heavy atom. The van der Waals surface area contributed by atoms with Crippen LogP contribution in [0.2, 0.25) is 0 Å². The fraction of sp³-hybridized carbons (Fsp3) is 0.875. The van der Waals surface area contributed by atoms with Gasteiger partial charge >= 0.3 is 0 Å². The first-order valence-electron chi connectivity index (χ1n) is 7.73. The molecule has 1 rings (SSSR count). The summed E-state index contributed by atoms with van der Waals surface area (Å²) in [7, 11) is 0. The van der Waals surface area contributed by atoms with E-state index in [9.17, 15) is 10.1 Å². The topological polar surface area (TPSA) is 44.1 Å². The van der Waals surface area contributed by atoms with Gasteiger partial charge in [-0.2, -0.15) is 5.26 Å². The summed E-state index contributed by atoms with van der Waals surface area (Å²) in [6.07, 6.45) is 5.60. The van der Waals surface area contributed by atoms with Crippen LogP contribution in [0.15, 0.2) is 0 Å². The van der Waals surface area contributed by atoms with Crippen LogP contribution in [0.25, 0.3) is 0 Å². The first-order valence-corrected chi connectivity index (χ1v) is 7.73. The Labute approximate surface area is 118 Å². The fourth-order valence-corrected chi connectivity index (χ4v) is 2.73. The lowest BCUT2D eigenvalue weighted by molar-refractivity contribution is -0.142. The van der Waals surface area contributed by atoms with E-state index in [2.05, 4.69) is 33.8 Å². The predicted molar refractivity (Wildman–Crippen MR) is 77.4 cm³/mol. The summed E-state index contributed by atoms with van der Waals surface area (Å²) >= 11 is 0. The van der Waals surface area contributed by atoms with Gasteiger partial charge in [0.1, 0.15) is 5.41 Å². The summed E-state index contributed by atoms with van der Waals surface area (Å²) in [4.78, 5) is 14.8. The summed E-state index contributed by atoms with van der Waals surface area (Å²) < 4.78 is 0. The van der Waals surface area contributed by atoms with E-state index in [0.29, 0.717) is 18.8 Å². The fourth-order valence-electron chi connectivity index (χ4n) is 2.73. The maximum atomic E-state index is 12.9. The Kier molecular flexibility index (Phi) is 5.85. The number of nitrogens with zero attached hydrogens (tertiary/aromatic N) is 2. The molecule has 3 heteroatoms. The standard InChI is InChI=1S/C16H28N2O/c1-5-9-16(12-17,10-6-2)15(19)18(13(3)4)11-14-7-8-14/h13-14H,5-11H2,1-4H3. The third kappa shape index (κ3) is 3.96. The minimum absolute atomic E-state index is 0.0700. The van der Waals surface area contributed by atoms with Crippen molar-refractivity contribution in [3.05, 3.63) is 0 Å². The van der Waals surface area contributed by atoms with Crippen molar-refractivity contribution in [3.8, 4) is 6.07 Å². The van der Waals surface area contributed by atoms with Gasteiger partial charge in [0.2, 0.25) is 5.91 Å². The molecule has 1 aliphatic carbocycles. The molecule has 0 heterocycles. The second kappa shape index (κ2) is 6.93. The van der Waals surface area contributed by atoms with Crippen molar-refractivity contribution in [2.45, 2.75) is 72.3 Å². The molecule has 0 radical (unpaired) electrons. The Hall–Kier alpha value is -1.04. The van der Waals surface area contributed by atoms with Crippen molar-refractivity contribution in [1.29, 1.82) is 5.26 Å². The highest BCUT2D eigenvalue weighted by molar-refractivity contribution is 5.85. The van der Waals surface area contributed by atoms with Gasteiger partial charge in [-0.05, 0) is 45.4 Å². The summed E-state index contributed by atoms with van der Waals surface area (Å²) in [5.74, 6) is 0.742. The molecule has 1 amide bonds. The number of rotatable bonds is 8. The molecule has 0 saturated heterocycles. The van der Waals surface area contributed by atoms with E-state index in [0.717, 1.165) is 19.4 Å². The Bertz CT molecular complexity index is 333. The van der Waals surface area contributed by atoms with E-state index in [1.165, 1.54) is 12.8 Å². The van der Waals surface area contributed by atoms with Crippen LogP contribution >= 0.6 is 0 Å². The van der Waals surface area contributed by atoms with Gasteiger partial charge in [-0.1, -0.05) is 26.7 Å². The average molecular weight is 264 g/mol. The zero-order valence-electron chi connectivity index (χ0n) is 12.9. The zero-order chi connectivity index (χ0) is 14.5. The molecule has 0 spiro atoms. The van der Waals surface area contributed by atoms with E-state index >= 15 is 0 Å². The van der Waals surface area contributed by atoms with Gasteiger partial charge in [-0.25, -0.2) is 0 Å². The molecule has 0 atom stereocenters. The third-order valence-corrected chi connectivity index (χ3v) is 4.01. The van der Waals surface area contributed by atoms with Crippen molar-refractivity contribution in [2.75, 3.05) is 6.54 Å². The summed E-state index contributed by atoms with van der Waals surface area (Å²) in [6.45, 7) is 9.05. The van der Waals surface area contributed by atoms with Crippen molar-refractivity contribution in [1.82, 2.24) is 4.90 Å². The summed E-state index contributed by atoms with van der Waals surface area (Å²) in [5.41, 5.74) is -0.789. The number of amides is 1. The number of nitriles is 1. The molecule has 1 saturated carbocycles. The predicted octanol–water partition coefficient (Wildman–Crippen LogP) is 3.74. The number of hydrogen-bond donors (Lipinski definition) is 0. The van der Waals surface area contributed by atoms with Crippen LogP contribution < -0.4 is 0 Å². The Morgan fingerprint density at radius 1 is 1.32 bits per heavy atom. The van der Waals surface area contributed by atoms with E-state index in [1.807, 2.05) is 4.90 Å². The molecule has 0 bridgehead atoms. The monoisotopic (exact) mass is 264 g/mol. The van der Waals surface area contributed by atoms with Gasteiger partial charge in [0.25, 0.3) is 0 Å². The highest BCUT2D eigenvalue weighted by atomic mass is 16.2. The van der Waals surface area contributed by atoms with Gasteiger partial charge in [0.05, 0.1) is 6.07 Å². The third-order valence-electron chi connectivity index (χ3n) is 4.01. The van der Waals surface area contributed by atoms with Crippen LogP contribution in [0, 0.1) is 22.7 Å². The molecule has 108 valence electrons. The lowest BCUT2D eigenvalue weighted by Gasteiger charge is -2.35. The van der Waals surface area contributed by atoms with Crippen molar-refractivity contribution in [2.24, 2.45) is 11.3 Å². The average Bonchev–Trinajstić information content (AvgIpc) is 3.18. The van der Waals surface area contributed by atoms with Crippen LogP contribution in [0.4, 0.5) is 0 Å². The number of carbonyl (C=O) groups is 1. The first-order chi connectivity index (χ1) is 9.00. The molecule has 1 aliphatic rings. The van der Waals surface area contributed by atoms with Crippen LogP contribution in [0.3, 0.4) is 0 Å². The van der Waals surface area contributed by atoms with Crippen LogP contribution in [-0.2, 0) is 4.79 Å². The molecular weight excluding hydrogens is 236 g/mol. The molecule has 19 heavy (non-hydrogen) atoms. The molecule has 0 N–H and O–H groups in total. The Balaban J connectivity index is 2.90. The van der Waals surface area contributed by atoms with Gasteiger partial charge in [0, 0.05) is 12.6 Å². The van der Waals surface area contributed by atoms with Crippen molar-refractivity contribution in [3.63, 3.8) is 0 Å². The molecule has 0 aromatic rings. The Morgan fingerprint density at radius 2 is 1.84 bits per heavy atom. The normalized spacial score (nSPS) is 15.4. The molecule has 0 aromatic carbocycles. The van der Waals surface area contributed by atoms with Crippen LogP contribution in [0.1, 0.15) is 66.2 Å². The van der Waals surface area contributed by atoms with Crippen molar-refractivity contribution >= 4 is 5.91 Å². The lowest BCUT2D eigenvalue weighted by atomic mass is 9.79. The smallest absolute Gasteiger partial charge is 0.243 e.